The van der Waals surface area contributed by atoms with E-state index in [-0.39, 0.29) is 11.8 Å². The Labute approximate surface area is 97.9 Å². The lowest BCUT2D eigenvalue weighted by atomic mass is 9.86. The number of amides is 1. The largest absolute Gasteiger partial charge is 0.385 e. The summed E-state index contributed by atoms with van der Waals surface area (Å²) in [6, 6.07) is 0.311. The number of hydrogen-bond donors (Lipinski definition) is 2. The van der Waals surface area contributed by atoms with Crippen LogP contribution in [0.1, 0.15) is 38.5 Å². The van der Waals surface area contributed by atoms with Crippen LogP contribution in [0.5, 0.6) is 0 Å². The summed E-state index contributed by atoms with van der Waals surface area (Å²) >= 11 is 0. The molecule has 3 N–H and O–H groups in total. The number of ether oxygens (including phenoxy) is 1. The summed E-state index contributed by atoms with van der Waals surface area (Å²) in [5, 5.41) is 2.99. The monoisotopic (exact) mass is 228 g/mol. The molecule has 1 amide bonds. The fourth-order valence-corrected chi connectivity index (χ4v) is 2.11. The van der Waals surface area contributed by atoms with E-state index in [0.29, 0.717) is 6.04 Å². The molecule has 0 aromatic rings. The highest BCUT2D eigenvalue weighted by Gasteiger charge is 2.23. The molecule has 4 heteroatoms. The topological polar surface area (TPSA) is 64.3 Å². The Kier molecular flexibility index (Phi) is 6.42. The molecule has 0 bridgehead atoms. The second-order valence-corrected chi connectivity index (χ2v) is 4.60. The van der Waals surface area contributed by atoms with Crippen LogP contribution in [-0.4, -0.2) is 32.2 Å². The van der Waals surface area contributed by atoms with Gasteiger partial charge < -0.3 is 15.8 Å². The summed E-state index contributed by atoms with van der Waals surface area (Å²) < 4.78 is 4.95. The third-order valence-electron chi connectivity index (χ3n) is 3.22. The molecule has 16 heavy (non-hydrogen) atoms. The molecule has 1 aliphatic carbocycles. The molecule has 0 radical (unpaired) electrons. The van der Waals surface area contributed by atoms with Crippen LogP contribution in [0.4, 0.5) is 0 Å². The van der Waals surface area contributed by atoms with Gasteiger partial charge >= 0.3 is 0 Å². The first-order chi connectivity index (χ1) is 7.74. The summed E-state index contributed by atoms with van der Waals surface area (Å²) in [6.07, 6.45) is 5.87. The summed E-state index contributed by atoms with van der Waals surface area (Å²) in [5.41, 5.74) is 5.81. The van der Waals surface area contributed by atoms with Crippen molar-refractivity contribution in [1.82, 2.24) is 5.32 Å². The van der Waals surface area contributed by atoms with Crippen LogP contribution in [0.15, 0.2) is 0 Å². The smallest absolute Gasteiger partial charge is 0.223 e. The summed E-state index contributed by atoms with van der Waals surface area (Å²) in [5.74, 6) is 0.409. The van der Waals surface area contributed by atoms with E-state index in [1.54, 1.807) is 7.11 Å². The van der Waals surface area contributed by atoms with Crippen molar-refractivity contribution < 1.29 is 9.53 Å². The van der Waals surface area contributed by atoms with Crippen molar-refractivity contribution in [2.24, 2.45) is 11.7 Å². The Morgan fingerprint density at radius 1 is 1.31 bits per heavy atom. The average Bonchev–Trinajstić information content (AvgIpc) is 2.29. The van der Waals surface area contributed by atoms with E-state index in [0.717, 1.165) is 51.7 Å². The van der Waals surface area contributed by atoms with Crippen LogP contribution < -0.4 is 11.1 Å². The van der Waals surface area contributed by atoms with Crippen molar-refractivity contribution >= 4 is 5.91 Å². The van der Waals surface area contributed by atoms with Gasteiger partial charge in [-0.25, -0.2) is 0 Å². The number of hydrogen-bond acceptors (Lipinski definition) is 3. The second-order valence-electron chi connectivity index (χ2n) is 4.60. The number of rotatable bonds is 6. The maximum atomic E-state index is 11.8. The molecular weight excluding hydrogens is 204 g/mol. The van der Waals surface area contributed by atoms with Crippen LogP contribution in [0.3, 0.4) is 0 Å². The molecule has 1 rings (SSSR count). The van der Waals surface area contributed by atoms with E-state index in [2.05, 4.69) is 5.32 Å². The first-order valence-electron chi connectivity index (χ1n) is 6.26. The first-order valence-corrected chi connectivity index (χ1v) is 6.26. The van der Waals surface area contributed by atoms with Gasteiger partial charge in [0, 0.05) is 32.2 Å². The van der Waals surface area contributed by atoms with Gasteiger partial charge in [-0.05, 0) is 38.5 Å². The van der Waals surface area contributed by atoms with Crippen LogP contribution in [0.25, 0.3) is 0 Å². The zero-order valence-corrected chi connectivity index (χ0v) is 10.2. The quantitative estimate of drug-likeness (QED) is 0.668. The predicted octanol–water partition coefficient (Wildman–Crippen LogP) is 1.05. The van der Waals surface area contributed by atoms with Crippen molar-refractivity contribution in [3.63, 3.8) is 0 Å². The zero-order chi connectivity index (χ0) is 11.8. The average molecular weight is 228 g/mol. The van der Waals surface area contributed by atoms with E-state index in [4.69, 9.17) is 10.5 Å². The zero-order valence-electron chi connectivity index (χ0n) is 10.2. The highest BCUT2D eigenvalue weighted by Crippen LogP contribution is 2.22. The molecule has 4 nitrogen and oxygen atoms in total. The van der Waals surface area contributed by atoms with Gasteiger partial charge in [-0.15, -0.1) is 0 Å². The van der Waals surface area contributed by atoms with Gasteiger partial charge in [-0.3, -0.25) is 4.79 Å². The molecule has 0 unspecified atom stereocenters. The van der Waals surface area contributed by atoms with Gasteiger partial charge in [-0.1, -0.05) is 0 Å². The normalized spacial score (nSPS) is 25.4. The number of methoxy groups -OCH3 is 1. The minimum atomic E-state index is 0.197. The third kappa shape index (κ3) is 4.94. The molecule has 0 aromatic carbocycles. The molecule has 0 aliphatic heterocycles. The number of carbonyl (C=O) groups excluding carboxylic acids is 1. The number of nitrogens with two attached hydrogens (primary N) is 1. The summed E-state index contributed by atoms with van der Waals surface area (Å²) in [4.78, 5) is 11.8. The molecule has 1 fully saturated rings. The predicted molar refractivity (Wildman–Crippen MR) is 64.1 cm³/mol. The second kappa shape index (κ2) is 7.63. The van der Waals surface area contributed by atoms with E-state index in [1.165, 1.54) is 0 Å². The lowest BCUT2D eigenvalue weighted by Gasteiger charge is -2.25. The van der Waals surface area contributed by atoms with Crippen molar-refractivity contribution in [2.75, 3.05) is 20.3 Å². The van der Waals surface area contributed by atoms with Gasteiger partial charge in [0.15, 0.2) is 0 Å². The maximum Gasteiger partial charge on any atom is 0.223 e. The Balaban J connectivity index is 2.06. The highest BCUT2D eigenvalue weighted by molar-refractivity contribution is 5.78. The standard InChI is InChI=1S/C12H24N2O2/c1-16-9-3-2-8-14-12(15)10-4-6-11(13)7-5-10/h10-11H,2-9,13H2,1H3,(H,14,15). The number of carbonyl (C=O) groups is 1. The number of unbranched alkanes of at least 4 members (excludes halogenated alkanes) is 1. The fourth-order valence-electron chi connectivity index (χ4n) is 2.11. The van der Waals surface area contributed by atoms with Gasteiger partial charge in [0.2, 0.25) is 5.91 Å². The molecule has 1 saturated carbocycles. The van der Waals surface area contributed by atoms with Crippen molar-refractivity contribution in [1.29, 1.82) is 0 Å². The molecular formula is C12H24N2O2. The number of nitrogens with one attached hydrogen (secondary N) is 1. The van der Waals surface area contributed by atoms with Crippen LogP contribution in [-0.2, 0) is 9.53 Å². The van der Waals surface area contributed by atoms with Gasteiger partial charge in [0.1, 0.15) is 0 Å². The molecule has 0 atom stereocenters. The van der Waals surface area contributed by atoms with Crippen LogP contribution >= 0.6 is 0 Å². The minimum absolute atomic E-state index is 0.197. The lowest BCUT2D eigenvalue weighted by Crippen LogP contribution is -2.36. The molecule has 1 aliphatic rings. The Hall–Kier alpha value is -0.610. The van der Waals surface area contributed by atoms with Crippen molar-refractivity contribution in [2.45, 2.75) is 44.6 Å². The molecule has 94 valence electrons. The Morgan fingerprint density at radius 3 is 2.62 bits per heavy atom. The first kappa shape index (κ1) is 13.5. The Bertz CT molecular complexity index is 201. The third-order valence-corrected chi connectivity index (χ3v) is 3.22. The van der Waals surface area contributed by atoms with Gasteiger partial charge in [0.25, 0.3) is 0 Å². The summed E-state index contributed by atoms with van der Waals surface area (Å²) in [6.45, 7) is 1.54. The summed E-state index contributed by atoms with van der Waals surface area (Å²) in [7, 11) is 1.70. The van der Waals surface area contributed by atoms with Gasteiger partial charge in [-0.2, -0.15) is 0 Å². The highest BCUT2D eigenvalue weighted by atomic mass is 16.5. The fraction of sp³-hybridized carbons (Fsp3) is 0.917. The van der Waals surface area contributed by atoms with Crippen LogP contribution in [0, 0.1) is 5.92 Å². The van der Waals surface area contributed by atoms with Crippen molar-refractivity contribution in [3.8, 4) is 0 Å². The van der Waals surface area contributed by atoms with Crippen LogP contribution in [0.2, 0.25) is 0 Å². The van der Waals surface area contributed by atoms with E-state index in [9.17, 15) is 4.79 Å². The van der Waals surface area contributed by atoms with Crippen molar-refractivity contribution in [3.05, 3.63) is 0 Å². The lowest BCUT2D eigenvalue weighted by molar-refractivity contribution is -0.126. The van der Waals surface area contributed by atoms with E-state index >= 15 is 0 Å². The molecule has 0 aromatic heterocycles. The minimum Gasteiger partial charge on any atom is -0.385 e. The SMILES string of the molecule is COCCCCNC(=O)C1CCC(N)CC1. The molecule has 0 heterocycles. The van der Waals surface area contributed by atoms with E-state index in [1.807, 2.05) is 0 Å². The molecule has 0 saturated heterocycles. The van der Waals surface area contributed by atoms with Gasteiger partial charge in [0.05, 0.1) is 0 Å². The maximum absolute atomic E-state index is 11.8. The Morgan fingerprint density at radius 2 is 2.00 bits per heavy atom. The molecule has 0 spiro atoms. The van der Waals surface area contributed by atoms with E-state index < -0.39 is 0 Å².